The molecule has 0 saturated carbocycles. The maximum Gasteiger partial charge on any atom is 0.341 e. The van der Waals surface area contributed by atoms with Gasteiger partial charge in [0.25, 0.3) is 5.91 Å². The van der Waals surface area contributed by atoms with Crippen LogP contribution >= 0.6 is 11.3 Å². The summed E-state index contributed by atoms with van der Waals surface area (Å²) in [6.07, 6.45) is 4.92. The van der Waals surface area contributed by atoms with Gasteiger partial charge in [0.05, 0.1) is 12.7 Å². The zero-order valence-corrected chi connectivity index (χ0v) is 16.4. The quantitative estimate of drug-likeness (QED) is 0.571. The average molecular weight is 402 g/mol. The number of esters is 1. The molecular formula is C20H22N2O5S. The number of benzene rings is 1. The van der Waals surface area contributed by atoms with E-state index in [1.54, 1.807) is 18.2 Å². The number of ether oxygens (including phenoxy) is 2. The lowest BCUT2D eigenvalue weighted by molar-refractivity contribution is -0.118. The van der Waals surface area contributed by atoms with Gasteiger partial charge in [-0.15, -0.1) is 11.3 Å². The fourth-order valence-corrected chi connectivity index (χ4v) is 4.49. The van der Waals surface area contributed by atoms with Gasteiger partial charge in [-0.05, 0) is 49.4 Å². The van der Waals surface area contributed by atoms with Crippen molar-refractivity contribution in [3.8, 4) is 5.75 Å². The summed E-state index contributed by atoms with van der Waals surface area (Å²) in [7, 11) is 1.34. The van der Waals surface area contributed by atoms with E-state index in [2.05, 4.69) is 5.32 Å². The van der Waals surface area contributed by atoms with E-state index >= 15 is 0 Å². The van der Waals surface area contributed by atoms with Crippen molar-refractivity contribution in [3.05, 3.63) is 45.8 Å². The van der Waals surface area contributed by atoms with Crippen LogP contribution in [-0.4, -0.2) is 31.5 Å². The Morgan fingerprint density at radius 2 is 1.96 bits per heavy atom. The van der Waals surface area contributed by atoms with E-state index in [1.165, 1.54) is 24.5 Å². The number of amides is 2. The highest BCUT2D eigenvalue weighted by atomic mass is 32.1. The fraction of sp³-hybridized carbons (Fsp3) is 0.350. The first-order valence-corrected chi connectivity index (χ1v) is 9.86. The van der Waals surface area contributed by atoms with Crippen LogP contribution in [-0.2, 0) is 22.4 Å². The third-order valence-electron chi connectivity index (χ3n) is 4.55. The molecule has 2 aromatic rings. The van der Waals surface area contributed by atoms with Crippen LogP contribution in [0, 0.1) is 0 Å². The molecule has 1 aromatic carbocycles. The lowest BCUT2D eigenvalue weighted by atomic mass is 10.1. The van der Waals surface area contributed by atoms with Gasteiger partial charge in [0, 0.05) is 10.4 Å². The molecule has 8 heteroatoms. The Labute approximate surface area is 166 Å². The van der Waals surface area contributed by atoms with Gasteiger partial charge in [-0.2, -0.15) is 0 Å². The van der Waals surface area contributed by atoms with Crippen molar-refractivity contribution in [2.45, 2.75) is 32.1 Å². The standard InChI is InChI=1S/C20H22N2O5S/c1-26-20(25)17-14-8-3-2-4-9-15(14)28-19(17)22-16(23)11-27-13-7-5-6-12(10-13)18(21)24/h5-7,10H,2-4,8-9,11H2,1H3,(H2,21,24)(H,22,23). The van der Waals surface area contributed by atoms with E-state index in [1.807, 2.05) is 0 Å². The average Bonchev–Trinajstić information content (AvgIpc) is 2.86. The lowest BCUT2D eigenvalue weighted by Crippen LogP contribution is -2.21. The zero-order chi connectivity index (χ0) is 20.1. The number of anilines is 1. The Bertz CT molecular complexity index is 906. The van der Waals surface area contributed by atoms with Gasteiger partial charge < -0.3 is 20.5 Å². The molecule has 1 aliphatic rings. The van der Waals surface area contributed by atoms with Crippen molar-refractivity contribution in [3.63, 3.8) is 0 Å². The molecule has 7 nitrogen and oxygen atoms in total. The molecule has 2 amide bonds. The normalized spacial score (nSPS) is 13.2. The number of carbonyl (C=O) groups excluding carboxylic acids is 3. The van der Waals surface area contributed by atoms with Crippen molar-refractivity contribution in [1.29, 1.82) is 0 Å². The van der Waals surface area contributed by atoms with Crippen LogP contribution in [0.15, 0.2) is 24.3 Å². The van der Waals surface area contributed by atoms with E-state index < -0.39 is 17.8 Å². The van der Waals surface area contributed by atoms with Crippen molar-refractivity contribution in [2.24, 2.45) is 5.73 Å². The minimum atomic E-state index is -0.572. The lowest BCUT2D eigenvalue weighted by Gasteiger charge is -2.09. The molecule has 148 valence electrons. The molecule has 0 unspecified atom stereocenters. The van der Waals surface area contributed by atoms with Crippen LogP contribution in [0.3, 0.4) is 0 Å². The summed E-state index contributed by atoms with van der Waals surface area (Å²) < 4.78 is 10.4. The van der Waals surface area contributed by atoms with Gasteiger partial charge in [0.2, 0.25) is 5.91 Å². The predicted molar refractivity (Wildman–Crippen MR) is 106 cm³/mol. The molecule has 1 aromatic heterocycles. The van der Waals surface area contributed by atoms with Gasteiger partial charge in [0.15, 0.2) is 6.61 Å². The molecule has 1 aliphatic carbocycles. The fourth-order valence-electron chi connectivity index (χ4n) is 3.20. The number of hydrogen-bond acceptors (Lipinski definition) is 6. The molecule has 0 spiro atoms. The second kappa shape index (κ2) is 8.88. The molecule has 0 saturated heterocycles. The van der Waals surface area contributed by atoms with Gasteiger partial charge in [-0.25, -0.2) is 4.79 Å². The molecule has 3 N–H and O–H groups in total. The SMILES string of the molecule is COC(=O)c1c(NC(=O)COc2cccc(C(N)=O)c2)sc2c1CCCCC2. The minimum absolute atomic E-state index is 0.259. The highest BCUT2D eigenvalue weighted by molar-refractivity contribution is 7.17. The number of rotatable bonds is 6. The first-order valence-electron chi connectivity index (χ1n) is 9.05. The Morgan fingerprint density at radius 1 is 1.18 bits per heavy atom. The van der Waals surface area contributed by atoms with Crippen molar-refractivity contribution >= 4 is 34.1 Å². The monoisotopic (exact) mass is 402 g/mol. The molecule has 0 fully saturated rings. The Hall–Kier alpha value is -2.87. The largest absolute Gasteiger partial charge is 0.484 e. The number of thiophene rings is 1. The molecule has 3 rings (SSSR count). The molecule has 0 bridgehead atoms. The van der Waals surface area contributed by atoms with Gasteiger partial charge in [-0.1, -0.05) is 12.5 Å². The third kappa shape index (κ3) is 4.51. The summed E-state index contributed by atoms with van der Waals surface area (Å²) in [5.41, 5.74) is 6.98. The maximum absolute atomic E-state index is 12.4. The van der Waals surface area contributed by atoms with Crippen LogP contribution < -0.4 is 15.8 Å². The van der Waals surface area contributed by atoms with E-state index in [-0.39, 0.29) is 6.61 Å². The number of nitrogens with one attached hydrogen (secondary N) is 1. The third-order valence-corrected chi connectivity index (χ3v) is 5.76. The molecule has 0 aliphatic heterocycles. The van der Waals surface area contributed by atoms with E-state index in [9.17, 15) is 14.4 Å². The number of methoxy groups -OCH3 is 1. The second-order valence-electron chi connectivity index (χ2n) is 6.49. The smallest absolute Gasteiger partial charge is 0.341 e. The summed E-state index contributed by atoms with van der Waals surface area (Å²) in [6.45, 7) is -0.259. The van der Waals surface area contributed by atoms with Crippen molar-refractivity contribution in [1.82, 2.24) is 0 Å². The zero-order valence-electron chi connectivity index (χ0n) is 15.6. The van der Waals surface area contributed by atoms with Crippen LogP contribution in [0.25, 0.3) is 0 Å². The van der Waals surface area contributed by atoms with Crippen LogP contribution in [0.1, 0.15) is 50.4 Å². The Morgan fingerprint density at radius 3 is 2.71 bits per heavy atom. The van der Waals surface area contributed by atoms with Crippen molar-refractivity contribution < 1.29 is 23.9 Å². The Kier molecular flexibility index (Phi) is 6.30. The second-order valence-corrected chi connectivity index (χ2v) is 7.59. The summed E-state index contributed by atoms with van der Waals surface area (Å²) >= 11 is 1.43. The minimum Gasteiger partial charge on any atom is -0.484 e. The molecular weight excluding hydrogens is 380 g/mol. The number of primary amides is 1. The number of aryl methyl sites for hydroxylation is 1. The van der Waals surface area contributed by atoms with E-state index in [0.717, 1.165) is 42.5 Å². The number of carbonyl (C=O) groups is 3. The Balaban J connectivity index is 1.72. The first-order chi connectivity index (χ1) is 13.5. The number of nitrogens with two attached hydrogens (primary N) is 1. The topological polar surface area (TPSA) is 108 Å². The number of fused-ring (bicyclic) bond motifs is 1. The first kappa shape index (κ1) is 19.9. The summed E-state index contributed by atoms with van der Waals surface area (Å²) in [5.74, 6) is -1.05. The predicted octanol–water partition coefficient (Wildman–Crippen LogP) is 2.92. The van der Waals surface area contributed by atoms with Gasteiger partial charge in [0.1, 0.15) is 10.8 Å². The van der Waals surface area contributed by atoms with Crippen LogP contribution in [0.4, 0.5) is 5.00 Å². The summed E-state index contributed by atoms with van der Waals surface area (Å²) in [4.78, 5) is 37.0. The van der Waals surface area contributed by atoms with E-state index in [0.29, 0.717) is 21.9 Å². The van der Waals surface area contributed by atoms with Crippen LogP contribution in [0.5, 0.6) is 5.75 Å². The van der Waals surface area contributed by atoms with Gasteiger partial charge >= 0.3 is 5.97 Å². The van der Waals surface area contributed by atoms with Gasteiger partial charge in [-0.3, -0.25) is 9.59 Å². The molecule has 1 heterocycles. The highest BCUT2D eigenvalue weighted by Crippen LogP contribution is 2.37. The molecule has 0 atom stereocenters. The van der Waals surface area contributed by atoms with E-state index in [4.69, 9.17) is 15.2 Å². The molecule has 28 heavy (non-hydrogen) atoms. The summed E-state index contributed by atoms with van der Waals surface area (Å²) in [6, 6.07) is 6.30. The number of hydrogen-bond donors (Lipinski definition) is 2. The maximum atomic E-state index is 12.4. The highest BCUT2D eigenvalue weighted by Gasteiger charge is 2.26. The molecule has 0 radical (unpaired) electrons. The van der Waals surface area contributed by atoms with Crippen LogP contribution in [0.2, 0.25) is 0 Å². The summed E-state index contributed by atoms with van der Waals surface area (Å²) in [5, 5.41) is 3.27. The van der Waals surface area contributed by atoms with Crippen molar-refractivity contribution in [2.75, 3.05) is 19.0 Å².